The molecular weight excluding hydrogens is 363 g/mol. The van der Waals surface area contributed by atoms with Crippen LogP contribution in [0.4, 0.5) is 5.69 Å². The lowest BCUT2D eigenvalue weighted by Crippen LogP contribution is -2.32. The standard InChI is InChI=1S/C17H18Cl2N4O2/c1-23(2)9-8-21-17(25)14-10-11(6-7-20-14)16(24)22-15-12(18)4-3-5-13(15)19/h3-7,10H,8-9H2,1-2H3,(H,21,25)(H,22,24). The van der Waals surface area contributed by atoms with Crippen molar-refractivity contribution in [1.29, 1.82) is 0 Å². The second kappa shape index (κ2) is 8.80. The van der Waals surface area contributed by atoms with Gasteiger partial charge in [-0.2, -0.15) is 0 Å². The van der Waals surface area contributed by atoms with E-state index < -0.39 is 5.91 Å². The van der Waals surface area contributed by atoms with Gasteiger partial charge in [0, 0.05) is 24.8 Å². The highest BCUT2D eigenvalue weighted by Crippen LogP contribution is 2.30. The molecule has 0 unspecified atom stereocenters. The van der Waals surface area contributed by atoms with Crippen LogP contribution < -0.4 is 10.6 Å². The van der Waals surface area contributed by atoms with Crippen molar-refractivity contribution in [2.45, 2.75) is 0 Å². The highest BCUT2D eigenvalue weighted by molar-refractivity contribution is 6.40. The van der Waals surface area contributed by atoms with Gasteiger partial charge in [0.25, 0.3) is 11.8 Å². The predicted octanol–water partition coefficient (Wildman–Crippen LogP) is 2.93. The van der Waals surface area contributed by atoms with E-state index in [4.69, 9.17) is 23.2 Å². The van der Waals surface area contributed by atoms with Gasteiger partial charge in [-0.1, -0.05) is 29.3 Å². The van der Waals surface area contributed by atoms with Crippen molar-refractivity contribution in [2.75, 3.05) is 32.5 Å². The summed E-state index contributed by atoms with van der Waals surface area (Å²) < 4.78 is 0. The number of likely N-dealkylation sites (N-methyl/N-ethyl adjacent to an activating group) is 1. The molecule has 0 aliphatic carbocycles. The van der Waals surface area contributed by atoms with Gasteiger partial charge >= 0.3 is 0 Å². The van der Waals surface area contributed by atoms with Gasteiger partial charge in [-0.3, -0.25) is 14.6 Å². The number of aromatic nitrogens is 1. The van der Waals surface area contributed by atoms with Crippen molar-refractivity contribution in [2.24, 2.45) is 0 Å². The van der Waals surface area contributed by atoms with Crippen LogP contribution in [0.25, 0.3) is 0 Å². The summed E-state index contributed by atoms with van der Waals surface area (Å²) in [5, 5.41) is 6.06. The zero-order valence-electron chi connectivity index (χ0n) is 13.8. The number of carbonyl (C=O) groups excluding carboxylic acids is 2. The molecule has 2 rings (SSSR count). The number of para-hydroxylation sites is 1. The van der Waals surface area contributed by atoms with Crippen LogP contribution in [0.15, 0.2) is 36.5 Å². The van der Waals surface area contributed by atoms with Crippen molar-refractivity contribution in [3.63, 3.8) is 0 Å². The summed E-state index contributed by atoms with van der Waals surface area (Å²) in [4.78, 5) is 30.5. The molecular formula is C17H18Cl2N4O2. The van der Waals surface area contributed by atoms with Crippen LogP contribution in [0.5, 0.6) is 0 Å². The van der Waals surface area contributed by atoms with Crippen LogP contribution in [0.3, 0.4) is 0 Å². The smallest absolute Gasteiger partial charge is 0.269 e. The highest BCUT2D eigenvalue weighted by Gasteiger charge is 2.14. The zero-order chi connectivity index (χ0) is 18.4. The Kier molecular flexibility index (Phi) is 6.75. The first-order valence-electron chi connectivity index (χ1n) is 7.53. The maximum atomic E-state index is 12.4. The molecule has 8 heteroatoms. The molecule has 0 spiro atoms. The number of hydrogen-bond donors (Lipinski definition) is 2. The third-order valence-electron chi connectivity index (χ3n) is 3.30. The first-order chi connectivity index (χ1) is 11.9. The number of hydrogen-bond acceptors (Lipinski definition) is 4. The maximum absolute atomic E-state index is 12.4. The molecule has 2 amide bonds. The number of benzene rings is 1. The second-order valence-corrected chi connectivity index (χ2v) is 6.35. The number of halogens is 2. The minimum Gasteiger partial charge on any atom is -0.349 e. The van der Waals surface area contributed by atoms with Crippen LogP contribution in [-0.2, 0) is 0 Å². The summed E-state index contributed by atoms with van der Waals surface area (Å²) in [7, 11) is 3.82. The molecule has 132 valence electrons. The van der Waals surface area contributed by atoms with Crippen molar-refractivity contribution in [1.82, 2.24) is 15.2 Å². The summed E-state index contributed by atoms with van der Waals surface area (Å²) in [5.74, 6) is -0.771. The van der Waals surface area contributed by atoms with Gasteiger partial charge in [0.15, 0.2) is 0 Å². The summed E-state index contributed by atoms with van der Waals surface area (Å²) in [5.41, 5.74) is 0.769. The van der Waals surface area contributed by atoms with Gasteiger partial charge in [0.05, 0.1) is 15.7 Å². The van der Waals surface area contributed by atoms with E-state index in [0.717, 1.165) is 0 Å². The number of amides is 2. The topological polar surface area (TPSA) is 74.3 Å². The Balaban J connectivity index is 2.10. The number of anilines is 1. The Morgan fingerprint density at radius 1 is 1.12 bits per heavy atom. The van der Waals surface area contributed by atoms with E-state index in [-0.39, 0.29) is 17.2 Å². The van der Waals surface area contributed by atoms with Crippen molar-refractivity contribution >= 4 is 40.7 Å². The van der Waals surface area contributed by atoms with E-state index in [1.54, 1.807) is 18.2 Å². The molecule has 0 atom stereocenters. The van der Waals surface area contributed by atoms with Gasteiger partial charge in [0.1, 0.15) is 5.69 Å². The molecule has 1 heterocycles. The lowest BCUT2D eigenvalue weighted by molar-refractivity contribution is 0.0946. The van der Waals surface area contributed by atoms with E-state index >= 15 is 0 Å². The molecule has 2 N–H and O–H groups in total. The molecule has 1 aromatic carbocycles. The number of rotatable bonds is 6. The van der Waals surface area contributed by atoms with Crippen LogP contribution >= 0.6 is 23.2 Å². The minimum atomic E-state index is -0.431. The Labute approximate surface area is 156 Å². The average Bonchev–Trinajstić information content (AvgIpc) is 2.58. The fourth-order valence-electron chi connectivity index (χ4n) is 1.98. The molecule has 1 aromatic heterocycles. The number of pyridine rings is 1. The minimum absolute atomic E-state index is 0.164. The highest BCUT2D eigenvalue weighted by atomic mass is 35.5. The van der Waals surface area contributed by atoms with Crippen molar-refractivity contribution < 1.29 is 9.59 Å². The van der Waals surface area contributed by atoms with Crippen molar-refractivity contribution in [3.8, 4) is 0 Å². The molecule has 0 aliphatic rings. The normalized spacial score (nSPS) is 10.6. The molecule has 0 saturated carbocycles. The fraction of sp³-hybridized carbons (Fsp3) is 0.235. The van der Waals surface area contributed by atoms with Crippen LogP contribution in [0.2, 0.25) is 10.0 Å². The SMILES string of the molecule is CN(C)CCNC(=O)c1cc(C(=O)Nc2c(Cl)cccc2Cl)ccn1. The summed E-state index contributed by atoms with van der Waals surface area (Å²) in [6.07, 6.45) is 1.41. The summed E-state index contributed by atoms with van der Waals surface area (Å²) in [6.45, 7) is 1.19. The lowest BCUT2D eigenvalue weighted by atomic mass is 10.2. The molecule has 0 radical (unpaired) electrons. The van der Waals surface area contributed by atoms with E-state index in [2.05, 4.69) is 15.6 Å². The van der Waals surface area contributed by atoms with Crippen molar-refractivity contribution in [3.05, 3.63) is 57.8 Å². The van der Waals surface area contributed by atoms with Crippen LogP contribution in [-0.4, -0.2) is 48.9 Å². The Hall–Kier alpha value is -2.15. The molecule has 0 aliphatic heterocycles. The van der Waals surface area contributed by atoms with E-state index in [1.807, 2.05) is 19.0 Å². The van der Waals surface area contributed by atoms with Gasteiger partial charge < -0.3 is 15.5 Å². The van der Waals surface area contributed by atoms with Crippen LogP contribution in [0.1, 0.15) is 20.8 Å². The lowest BCUT2D eigenvalue weighted by Gasteiger charge is -2.11. The van der Waals surface area contributed by atoms with Gasteiger partial charge in [-0.05, 0) is 38.4 Å². The number of nitrogens with zero attached hydrogens (tertiary/aromatic N) is 2. The Morgan fingerprint density at radius 3 is 2.44 bits per heavy atom. The van der Waals surface area contributed by atoms with Gasteiger partial charge in [-0.25, -0.2) is 0 Å². The van der Waals surface area contributed by atoms with E-state index in [0.29, 0.717) is 28.8 Å². The zero-order valence-corrected chi connectivity index (χ0v) is 15.4. The first kappa shape index (κ1) is 19.2. The Morgan fingerprint density at radius 2 is 1.80 bits per heavy atom. The molecule has 25 heavy (non-hydrogen) atoms. The second-order valence-electron chi connectivity index (χ2n) is 5.54. The average molecular weight is 381 g/mol. The molecule has 0 bridgehead atoms. The summed E-state index contributed by atoms with van der Waals surface area (Å²) in [6, 6.07) is 7.86. The largest absolute Gasteiger partial charge is 0.349 e. The summed E-state index contributed by atoms with van der Waals surface area (Å²) >= 11 is 12.1. The number of nitrogens with one attached hydrogen (secondary N) is 2. The predicted molar refractivity (Wildman–Crippen MR) is 99.5 cm³/mol. The van der Waals surface area contributed by atoms with E-state index in [9.17, 15) is 9.59 Å². The number of carbonyl (C=O) groups is 2. The molecule has 0 fully saturated rings. The first-order valence-corrected chi connectivity index (χ1v) is 8.28. The van der Waals surface area contributed by atoms with Gasteiger partial charge in [0.2, 0.25) is 0 Å². The quantitative estimate of drug-likeness (QED) is 0.807. The van der Waals surface area contributed by atoms with Gasteiger partial charge in [-0.15, -0.1) is 0 Å². The third-order valence-corrected chi connectivity index (χ3v) is 3.93. The third kappa shape index (κ3) is 5.42. The Bertz CT molecular complexity index is 761. The molecule has 2 aromatic rings. The molecule has 6 nitrogen and oxygen atoms in total. The van der Waals surface area contributed by atoms with Crippen LogP contribution in [0, 0.1) is 0 Å². The fourth-order valence-corrected chi connectivity index (χ4v) is 2.47. The van der Waals surface area contributed by atoms with E-state index in [1.165, 1.54) is 18.3 Å². The molecule has 0 saturated heterocycles. The monoisotopic (exact) mass is 380 g/mol. The maximum Gasteiger partial charge on any atom is 0.269 e.